The minimum absolute atomic E-state index is 0. The maximum absolute atomic E-state index is 2.47. The lowest BCUT2D eigenvalue weighted by Crippen LogP contribution is -3.00. The van der Waals surface area contributed by atoms with Gasteiger partial charge in [0.2, 0.25) is 0 Å². The van der Waals surface area contributed by atoms with Crippen molar-refractivity contribution in [2.75, 3.05) is 26.7 Å². The van der Waals surface area contributed by atoms with Crippen LogP contribution in [0, 0.1) is 0 Å². The summed E-state index contributed by atoms with van der Waals surface area (Å²) in [7, 11) is 2.47. The highest BCUT2D eigenvalue weighted by molar-refractivity contribution is 4.52. The van der Waals surface area contributed by atoms with E-state index in [9.17, 15) is 0 Å². The SMILES string of the molecule is CCCCCCCCC[N+]1(C)CCCCC1.[Br-]. The molecule has 1 rings (SSSR count). The maximum atomic E-state index is 2.47. The Balaban J connectivity index is 0.00000256. The summed E-state index contributed by atoms with van der Waals surface area (Å²) >= 11 is 0. The van der Waals surface area contributed by atoms with Gasteiger partial charge in [0, 0.05) is 0 Å². The van der Waals surface area contributed by atoms with E-state index in [-0.39, 0.29) is 17.0 Å². The number of piperidine rings is 1. The highest BCUT2D eigenvalue weighted by Crippen LogP contribution is 2.18. The van der Waals surface area contributed by atoms with Crippen LogP contribution < -0.4 is 17.0 Å². The third kappa shape index (κ3) is 8.20. The van der Waals surface area contributed by atoms with Crippen molar-refractivity contribution in [2.24, 2.45) is 0 Å². The van der Waals surface area contributed by atoms with Gasteiger partial charge in [-0.1, -0.05) is 39.0 Å². The average molecular weight is 306 g/mol. The second kappa shape index (κ2) is 10.4. The summed E-state index contributed by atoms with van der Waals surface area (Å²) in [5.41, 5.74) is 0. The molecule has 2 heteroatoms. The second-order valence-electron chi connectivity index (χ2n) is 5.97. The molecule has 0 spiro atoms. The van der Waals surface area contributed by atoms with Crippen molar-refractivity contribution in [2.45, 2.75) is 71.1 Å². The van der Waals surface area contributed by atoms with Crippen LogP contribution in [0.5, 0.6) is 0 Å². The number of hydrogen-bond acceptors (Lipinski definition) is 0. The third-order valence-electron chi connectivity index (χ3n) is 4.20. The summed E-state index contributed by atoms with van der Waals surface area (Å²) in [4.78, 5) is 0. The first kappa shape index (κ1) is 17.4. The molecule has 0 amide bonds. The fraction of sp³-hybridized carbons (Fsp3) is 1.00. The van der Waals surface area contributed by atoms with E-state index in [0.717, 1.165) is 0 Å². The van der Waals surface area contributed by atoms with E-state index in [4.69, 9.17) is 0 Å². The Labute approximate surface area is 119 Å². The van der Waals surface area contributed by atoms with Crippen LogP contribution in [0.1, 0.15) is 71.1 Å². The average Bonchev–Trinajstić information content (AvgIpc) is 2.29. The lowest BCUT2D eigenvalue weighted by molar-refractivity contribution is -0.914. The number of quaternary nitrogens is 1. The predicted octanol–water partition coefficient (Wildman–Crippen LogP) is 1.37. The van der Waals surface area contributed by atoms with Crippen molar-refractivity contribution >= 4 is 0 Å². The van der Waals surface area contributed by atoms with Crippen LogP contribution in [-0.2, 0) is 0 Å². The third-order valence-corrected chi connectivity index (χ3v) is 4.20. The van der Waals surface area contributed by atoms with Gasteiger partial charge in [-0.25, -0.2) is 0 Å². The van der Waals surface area contributed by atoms with E-state index in [1.807, 2.05) is 0 Å². The van der Waals surface area contributed by atoms with Crippen molar-refractivity contribution in [3.63, 3.8) is 0 Å². The predicted molar refractivity (Wildman–Crippen MR) is 72.6 cm³/mol. The molecule has 0 N–H and O–H groups in total. The van der Waals surface area contributed by atoms with Crippen LogP contribution in [0.2, 0.25) is 0 Å². The van der Waals surface area contributed by atoms with Crippen molar-refractivity contribution in [1.29, 1.82) is 0 Å². The van der Waals surface area contributed by atoms with Gasteiger partial charge >= 0.3 is 0 Å². The number of likely N-dealkylation sites (tertiary alicyclic amines) is 1. The van der Waals surface area contributed by atoms with E-state index in [0.29, 0.717) is 0 Å². The summed E-state index contributed by atoms with van der Waals surface area (Å²) in [5, 5.41) is 0. The standard InChI is InChI=1S/C15H32N.BrH/c1-3-4-5-6-7-8-10-13-16(2)14-11-9-12-15-16;/h3-15H2,1-2H3;1H/q+1;/p-1. The molecule has 0 aliphatic carbocycles. The Morgan fingerprint density at radius 3 is 1.88 bits per heavy atom. The molecule has 0 aromatic carbocycles. The highest BCUT2D eigenvalue weighted by Gasteiger charge is 2.23. The van der Waals surface area contributed by atoms with E-state index in [1.165, 1.54) is 88.3 Å². The van der Waals surface area contributed by atoms with Gasteiger partial charge in [0.15, 0.2) is 0 Å². The zero-order chi connectivity index (χ0) is 11.7. The minimum atomic E-state index is 0. The maximum Gasteiger partial charge on any atom is 0.0784 e. The van der Waals surface area contributed by atoms with E-state index >= 15 is 0 Å². The van der Waals surface area contributed by atoms with Gasteiger partial charge in [0.05, 0.1) is 26.7 Å². The number of rotatable bonds is 8. The molecule has 0 atom stereocenters. The van der Waals surface area contributed by atoms with E-state index < -0.39 is 0 Å². The molecule has 0 radical (unpaired) electrons. The Morgan fingerprint density at radius 1 is 0.765 bits per heavy atom. The Morgan fingerprint density at radius 2 is 1.29 bits per heavy atom. The zero-order valence-corrected chi connectivity index (χ0v) is 13.6. The van der Waals surface area contributed by atoms with Crippen LogP contribution in [0.25, 0.3) is 0 Å². The molecular weight excluding hydrogens is 274 g/mol. The van der Waals surface area contributed by atoms with Crippen LogP contribution in [0.3, 0.4) is 0 Å². The first-order valence-corrected chi connectivity index (χ1v) is 7.60. The summed E-state index contributed by atoms with van der Waals surface area (Å²) in [6.07, 6.45) is 14.5. The van der Waals surface area contributed by atoms with Gasteiger partial charge in [0.1, 0.15) is 0 Å². The number of nitrogens with zero attached hydrogens (tertiary/aromatic N) is 1. The van der Waals surface area contributed by atoms with Gasteiger partial charge < -0.3 is 21.5 Å². The Bertz CT molecular complexity index is 164. The normalized spacial score (nSPS) is 18.7. The van der Waals surface area contributed by atoms with Gasteiger partial charge in [-0.2, -0.15) is 0 Å². The van der Waals surface area contributed by atoms with Gasteiger partial charge in [-0.05, 0) is 32.1 Å². The number of hydrogen-bond donors (Lipinski definition) is 0. The molecule has 0 unspecified atom stereocenters. The van der Waals surface area contributed by atoms with Crippen LogP contribution in [-0.4, -0.2) is 31.2 Å². The zero-order valence-electron chi connectivity index (χ0n) is 12.0. The molecule has 1 aliphatic heterocycles. The fourth-order valence-electron chi connectivity index (χ4n) is 2.95. The summed E-state index contributed by atoms with van der Waals surface area (Å²) in [5.74, 6) is 0. The molecule has 1 fully saturated rings. The lowest BCUT2D eigenvalue weighted by Gasteiger charge is -2.37. The van der Waals surface area contributed by atoms with Gasteiger partial charge in [-0.3, -0.25) is 0 Å². The van der Waals surface area contributed by atoms with Crippen molar-refractivity contribution < 1.29 is 21.5 Å². The molecule has 17 heavy (non-hydrogen) atoms. The van der Waals surface area contributed by atoms with Crippen LogP contribution >= 0.6 is 0 Å². The van der Waals surface area contributed by atoms with Crippen molar-refractivity contribution in [3.8, 4) is 0 Å². The Kier molecular flexibility index (Phi) is 10.6. The molecule has 104 valence electrons. The van der Waals surface area contributed by atoms with Crippen molar-refractivity contribution in [3.05, 3.63) is 0 Å². The summed E-state index contributed by atoms with van der Waals surface area (Å²) < 4.78 is 1.37. The molecule has 1 heterocycles. The highest BCUT2D eigenvalue weighted by atomic mass is 79.9. The lowest BCUT2D eigenvalue weighted by atomic mass is 10.1. The molecule has 0 aromatic heterocycles. The van der Waals surface area contributed by atoms with Crippen molar-refractivity contribution in [1.82, 2.24) is 0 Å². The number of halogens is 1. The summed E-state index contributed by atoms with van der Waals surface area (Å²) in [6.45, 7) is 6.61. The quantitative estimate of drug-likeness (QED) is 0.469. The van der Waals surface area contributed by atoms with E-state index in [1.54, 1.807) is 0 Å². The Hall–Kier alpha value is 0.440. The molecule has 0 bridgehead atoms. The minimum Gasteiger partial charge on any atom is -1.00 e. The second-order valence-corrected chi connectivity index (χ2v) is 5.97. The molecule has 1 nitrogen and oxygen atoms in total. The summed E-state index contributed by atoms with van der Waals surface area (Å²) in [6, 6.07) is 0. The smallest absolute Gasteiger partial charge is 0.0784 e. The largest absolute Gasteiger partial charge is 1.00 e. The molecule has 1 saturated heterocycles. The number of unbranched alkanes of at least 4 members (excludes halogenated alkanes) is 6. The molecule has 0 saturated carbocycles. The van der Waals surface area contributed by atoms with Gasteiger partial charge in [0.25, 0.3) is 0 Å². The molecule has 0 aromatic rings. The molecule has 1 aliphatic rings. The first-order chi connectivity index (χ1) is 7.77. The first-order valence-electron chi connectivity index (χ1n) is 7.60. The topological polar surface area (TPSA) is 0 Å². The van der Waals surface area contributed by atoms with Crippen LogP contribution in [0.4, 0.5) is 0 Å². The van der Waals surface area contributed by atoms with E-state index in [2.05, 4.69) is 14.0 Å². The van der Waals surface area contributed by atoms with Crippen LogP contribution in [0.15, 0.2) is 0 Å². The van der Waals surface area contributed by atoms with Gasteiger partial charge in [-0.15, -0.1) is 0 Å². The molecular formula is C15H32BrN. The fourth-order valence-corrected chi connectivity index (χ4v) is 2.95. The monoisotopic (exact) mass is 305 g/mol.